The molecule has 1 aromatic carbocycles. The molecule has 0 saturated carbocycles. The first-order valence-corrected chi connectivity index (χ1v) is 7.85. The molecule has 22 heavy (non-hydrogen) atoms. The lowest BCUT2D eigenvalue weighted by atomic mass is 10.2. The number of nitrogens with one attached hydrogen (secondary N) is 1. The van der Waals surface area contributed by atoms with Crippen LogP contribution in [-0.4, -0.2) is 22.9 Å². The molecule has 0 unspecified atom stereocenters. The number of aromatic nitrogens is 2. The van der Waals surface area contributed by atoms with E-state index in [4.69, 9.17) is 16.3 Å². The largest absolute Gasteiger partial charge is 0.496 e. The van der Waals surface area contributed by atoms with Crippen molar-refractivity contribution in [1.82, 2.24) is 9.97 Å². The van der Waals surface area contributed by atoms with Crippen LogP contribution < -0.4 is 10.4 Å². The summed E-state index contributed by atoms with van der Waals surface area (Å²) in [6.45, 7) is 3.14. The van der Waals surface area contributed by atoms with E-state index in [9.17, 15) is 9.59 Å². The second-order valence-corrected chi connectivity index (χ2v) is 6.05. The van der Waals surface area contributed by atoms with Crippen molar-refractivity contribution in [2.45, 2.75) is 24.6 Å². The zero-order chi connectivity index (χ0) is 16.3. The highest BCUT2D eigenvalue weighted by atomic mass is 35.5. The van der Waals surface area contributed by atoms with E-state index in [1.54, 1.807) is 32.2 Å². The molecule has 0 bridgehead atoms. The van der Waals surface area contributed by atoms with Crippen molar-refractivity contribution < 1.29 is 9.53 Å². The van der Waals surface area contributed by atoms with Gasteiger partial charge in [0.15, 0.2) is 5.78 Å². The Kier molecular flexibility index (Phi) is 5.26. The zero-order valence-electron chi connectivity index (χ0n) is 12.4. The minimum Gasteiger partial charge on any atom is -0.496 e. The van der Waals surface area contributed by atoms with Gasteiger partial charge in [0.05, 0.1) is 12.7 Å². The van der Waals surface area contributed by atoms with Crippen LogP contribution in [0.4, 0.5) is 0 Å². The van der Waals surface area contributed by atoms with Gasteiger partial charge in [-0.2, -0.15) is 4.98 Å². The molecule has 0 spiro atoms. The minimum atomic E-state index is -0.469. The predicted octanol–water partition coefficient (Wildman–Crippen LogP) is 3.24. The van der Waals surface area contributed by atoms with Crippen LogP contribution in [0.15, 0.2) is 28.0 Å². The van der Waals surface area contributed by atoms with Crippen molar-refractivity contribution in [2.24, 2.45) is 0 Å². The van der Waals surface area contributed by atoms with E-state index in [2.05, 4.69) is 9.97 Å². The Hall–Kier alpha value is -1.79. The number of aryl methyl sites for hydroxylation is 1. The van der Waals surface area contributed by atoms with Gasteiger partial charge in [-0.15, -0.1) is 11.8 Å². The zero-order valence-corrected chi connectivity index (χ0v) is 14.0. The fourth-order valence-corrected chi connectivity index (χ4v) is 3.39. The van der Waals surface area contributed by atoms with E-state index >= 15 is 0 Å². The summed E-state index contributed by atoms with van der Waals surface area (Å²) in [6.07, 6.45) is 0. The number of halogens is 1. The van der Waals surface area contributed by atoms with E-state index < -0.39 is 5.69 Å². The van der Waals surface area contributed by atoms with Crippen molar-refractivity contribution >= 4 is 29.1 Å². The maximum atomic E-state index is 11.8. The van der Waals surface area contributed by atoms with Gasteiger partial charge in [-0.3, -0.25) is 4.79 Å². The summed E-state index contributed by atoms with van der Waals surface area (Å²) < 4.78 is 5.29. The Morgan fingerprint density at radius 2 is 2.18 bits per heavy atom. The second-order valence-electron chi connectivity index (χ2n) is 4.65. The molecule has 0 aliphatic heterocycles. The van der Waals surface area contributed by atoms with E-state index in [1.807, 2.05) is 0 Å². The molecule has 1 N–H and O–H groups in total. The summed E-state index contributed by atoms with van der Waals surface area (Å²) in [5.41, 5.74) is 1.36. The topological polar surface area (TPSA) is 72.0 Å². The first kappa shape index (κ1) is 16.6. The molecule has 0 radical (unpaired) electrons. The fraction of sp³-hybridized carbons (Fsp3) is 0.267. The predicted molar refractivity (Wildman–Crippen MR) is 87.2 cm³/mol. The van der Waals surface area contributed by atoms with E-state index in [0.29, 0.717) is 32.8 Å². The lowest BCUT2D eigenvalue weighted by molar-refractivity contribution is 0.101. The summed E-state index contributed by atoms with van der Waals surface area (Å²) in [5.74, 6) is 1.05. The number of hydrogen-bond donors (Lipinski definition) is 1. The summed E-state index contributed by atoms with van der Waals surface area (Å²) >= 11 is 7.30. The standard InChI is InChI=1S/C15H15ClN2O3S/c1-8-13(9(2)19)14(18-15(20)17-8)22-7-10-6-11(16)4-5-12(10)21-3/h4-6H,7H2,1-3H3,(H,17,18,20). The molecule has 0 saturated heterocycles. The number of H-pyrrole nitrogens is 1. The lowest BCUT2D eigenvalue weighted by Crippen LogP contribution is -2.17. The van der Waals surface area contributed by atoms with Crippen molar-refractivity contribution in [3.8, 4) is 5.75 Å². The smallest absolute Gasteiger partial charge is 0.346 e. The normalized spacial score (nSPS) is 10.5. The van der Waals surface area contributed by atoms with Crippen molar-refractivity contribution in [3.05, 3.63) is 50.5 Å². The van der Waals surface area contributed by atoms with E-state index in [0.717, 1.165) is 5.56 Å². The molecule has 2 rings (SSSR count). The molecule has 2 aromatic rings. The third kappa shape index (κ3) is 3.69. The second kappa shape index (κ2) is 6.98. The minimum absolute atomic E-state index is 0.137. The Bertz CT molecular complexity index is 774. The number of aromatic amines is 1. The van der Waals surface area contributed by atoms with E-state index in [-0.39, 0.29) is 5.78 Å². The number of ether oxygens (including phenoxy) is 1. The molecule has 1 heterocycles. The average Bonchev–Trinajstić information content (AvgIpc) is 2.44. The summed E-state index contributed by atoms with van der Waals surface area (Å²) in [5, 5.41) is 1.01. The quantitative estimate of drug-likeness (QED) is 0.515. The number of Topliss-reactive ketones (excluding diaryl/α,β-unsaturated/α-hetero) is 1. The Morgan fingerprint density at radius 1 is 1.45 bits per heavy atom. The number of rotatable bonds is 5. The number of carbonyl (C=O) groups is 1. The number of ketones is 1. The van der Waals surface area contributed by atoms with Gasteiger partial charge in [0.25, 0.3) is 0 Å². The molecule has 0 amide bonds. The summed E-state index contributed by atoms with van der Waals surface area (Å²) in [7, 11) is 1.58. The molecule has 116 valence electrons. The lowest BCUT2D eigenvalue weighted by Gasteiger charge is -2.10. The number of nitrogens with zero attached hydrogens (tertiary/aromatic N) is 1. The van der Waals surface area contributed by atoms with Gasteiger partial charge < -0.3 is 9.72 Å². The molecule has 0 fully saturated rings. The third-order valence-corrected chi connectivity index (χ3v) is 4.30. The van der Waals surface area contributed by atoms with Crippen LogP contribution in [0, 0.1) is 6.92 Å². The van der Waals surface area contributed by atoms with Crippen LogP contribution in [0.2, 0.25) is 5.02 Å². The number of thioether (sulfide) groups is 1. The number of hydrogen-bond acceptors (Lipinski definition) is 5. The van der Waals surface area contributed by atoms with Crippen molar-refractivity contribution in [2.75, 3.05) is 7.11 Å². The van der Waals surface area contributed by atoms with Gasteiger partial charge in [-0.1, -0.05) is 11.6 Å². The van der Waals surface area contributed by atoms with Crippen molar-refractivity contribution in [1.29, 1.82) is 0 Å². The Morgan fingerprint density at radius 3 is 2.82 bits per heavy atom. The van der Waals surface area contributed by atoms with Gasteiger partial charge in [-0.25, -0.2) is 4.79 Å². The highest BCUT2D eigenvalue weighted by molar-refractivity contribution is 7.98. The molecular weight excluding hydrogens is 324 g/mol. The Balaban J connectivity index is 2.35. The summed E-state index contributed by atoms with van der Waals surface area (Å²) in [6, 6.07) is 5.31. The molecule has 0 aliphatic rings. The van der Waals surface area contributed by atoms with Crippen LogP contribution in [0.1, 0.15) is 28.5 Å². The number of benzene rings is 1. The highest BCUT2D eigenvalue weighted by Gasteiger charge is 2.15. The van der Waals surface area contributed by atoms with Gasteiger partial charge >= 0.3 is 5.69 Å². The summed E-state index contributed by atoms with van der Waals surface area (Å²) in [4.78, 5) is 29.8. The molecule has 0 aliphatic carbocycles. The monoisotopic (exact) mass is 338 g/mol. The van der Waals surface area contributed by atoms with Gasteiger partial charge in [-0.05, 0) is 32.0 Å². The molecular formula is C15H15ClN2O3S. The first-order valence-electron chi connectivity index (χ1n) is 6.49. The van der Waals surface area contributed by atoms with Crippen molar-refractivity contribution in [3.63, 3.8) is 0 Å². The Labute approximate surface area is 137 Å². The van der Waals surface area contributed by atoms with Crippen LogP contribution in [0.3, 0.4) is 0 Å². The number of methoxy groups -OCH3 is 1. The number of carbonyl (C=O) groups excluding carboxylic acids is 1. The van der Waals surface area contributed by atoms with Crippen LogP contribution >= 0.6 is 23.4 Å². The maximum absolute atomic E-state index is 11.8. The highest BCUT2D eigenvalue weighted by Crippen LogP contribution is 2.30. The fourth-order valence-electron chi connectivity index (χ4n) is 2.08. The van der Waals surface area contributed by atoms with Gasteiger partial charge in [0.1, 0.15) is 10.8 Å². The van der Waals surface area contributed by atoms with E-state index in [1.165, 1.54) is 18.7 Å². The molecule has 5 nitrogen and oxygen atoms in total. The van der Waals surface area contributed by atoms with Crippen LogP contribution in [-0.2, 0) is 5.75 Å². The SMILES string of the molecule is COc1ccc(Cl)cc1CSc1nc(=O)[nH]c(C)c1C(C)=O. The average molecular weight is 339 g/mol. The first-order chi connectivity index (χ1) is 10.4. The van der Waals surface area contributed by atoms with Crippen LogP contribution in [0.25, 0.3) is 0 Å². The molecule has 7 heteroatoms. The maximum Gasteiger partial charge on any atom is 0.346 e. The van der Waals surface area contributed by atoms with Crippen LogP contribution in [0.5, 0.6) is 5.75 Å². The van der Waals surface area contributed by atoms with Gasteiger partial charge in [0, 0.05) is 22.0 Å². The molecule has 0 atom stereocenters. The van der Waals surface area contributed by atoms with Gasteiger partial charge in [0.2, 0.25) is 0 Å². The molecule has 1 aromatic heterocycles. The third-order valence-electron chi connectivity index (χ3n) is 3.05.